The van der Waals surface area contributed by atoms with E-state index in [2.05, 4.69) is 56.0 Å². The Morgan fingerprint density at radius 1 is 0.788 bits per heavy atom. The van der Waals surface area contributed by atoms with Crippen LogP contribution in [0, 0.1) is 28.1 Å². The van der Waals surface area contributed by atoms with Crippen molar-refractivity contribution in [1.82, 2.24) is 57.7 Å². The lowest BCUT2D eigenvalue weighted by atomic mass is 9.89. The second kappa shape index (κ2) is 18.1. The number of aliphatic hydroxyl groups excluding tert-OH is 1. The van der Waals surface area contributed by atoms with Crippen molar-refractivity contribution in [3.63, 3.8) is 0 Å². The summed E-state index contributed by atoms with van der Waals surface area (Å²) in [6.45, 7) is 12.5. The second-order valence-corrected chi connectivity index (χ2v) is 23.1. The predicted molar refractivity (Wildman–Crippen MR) is 250 cm³/mol. The van der Waals surface area contributed by atoms with Crippen LogP contribution in [0.3, 0.4) is 0 Å². The first kappa shape index (κ1) is 46.6. The van der Waals surface area contributed by atoms with Gasteiger partial charge >= 0.3 is 0 Å². The number of nitrogens with one attached hydrogen (secondary N) is 1. The lowest BCUT2D eigenvalue weighted by molar-refractivity contribution is 0.0747. The van der Waals surface area contributed by atoms with Crippen molar-refractivity contribution in [3.8, 4) is 34.7 Å². The molecule has 2 unspecified atom stereocenters. The highest BCUT2D eigenvalue weighted by Crippen LogP contribution is 2.43. The van der Waals surface area contributed by atoms with Crippen molar-refractivity contribution in [2.24, 2.45) is 14.1 Å². The standard InChI is InChI=1S/C24H30N8O2S.C19H22N8OS.CH4O/c1-5-29-35(34,18-6-7-18)30-14-24(15-30,9-10-25)32-13-17(12-28-32)20-19-8-11-31(21(19)27-16-26-20)22(33)23(2,3)4;1-2-25-29(28,15-3-4-15)26-11-19(12-26,6-7-20)27-10-14(9-24-27)17-16-5-8-21-18(16)23-13-22-17;1-2/h8,11-13,16,18H,5-7,9,14-15H2,1-4H3;5,8-10,13,15H,2-4,6,11-12H2,1H3,(H,21,22,23);2H,1H3. The molecule has 2 aliphatic carbocycles. The fourth-order valence-electron chi connectivity index (χ4n) is 8.69. The molecule has 4 aliphatic rings. The van der Waals surface area contributed by atoms with Crippen molar-refractivity contribution >= 4 is 47.8 Å². The van der Waals surface area contributed by atoms with Gasteiger partial charge in [-0.15, -0.1) is 0 Å². The van der Waals surface area contributed by atoms with Crippen LogP contribution in [-0.2, 0) is 30.9 Å². The average Bonchev–Trinajstić information content (AvgIpc) is 4.08. The van der Waals surface area contributed by atoms with Gasteiger partial charge in [-0.3, -0.25) is 18.7 Å². The topological polar surface area (TPSA) is 258 Å². The number of H-pyrrole nitrogens is 1. The number of fused-ring (bicyclic) bond motifs is 2. The first-order valence-electron chi connectivity index (χ1n) is 22.1. The van der Waals surface area contributed by atoms with E-state index in [9.17, 15) is 23.7 Å². The quantitative estimate of drug-likeness (QED) is 0.157. The van der Waals surface area contributed by atoms with Gasteiger partial charge in [-0.25, -0.2) is 45.7 Å². The molecule has 22 heteroatoms. The van der Waals surface area contributed by atoms with E-state index in [0.717, 1.165) is 66.0 Å². The van der Waals surface area contributed by atoms with Crippen LogP contribution in [0.5, 0.6) is 0 Å². The first-order valence-corrected chi connectivity index (χ1v) is 25.2. The van der Waals surface area contributed by atoms with Crippen LogP contribution in [0.2, 0.25) is 0 Å². The first-order chi connectivity index (χ1) is 31.7. The number of aromatic amines is 1. The number of nitrogens with zero attached hydrogens (tertiary/aromatic N) is 15. The highest BCUT2D eigenvalue weighted by molar-refractivity contribution is 7.92. The van der Waals surface area contributed by atoms with Gasteiger partial charge < -0.3 is 10.1 Å². The Labute approximate surface area is 384 Å². The van der Waals surface area contributed by atoms with Gasteiger partial charge in [0, 0.05) is 98.5 Å². The number of nitriles is 2. The maximum absolute atomic E-state index is 13.6. The number of hydrogen-bond donors (Lipinski definition) is 2. The van der Waals surface area contributed by atoms with Crippen LogP contribution in [0.4, 0.5) is 0 Å². The van der Waals surface area contributed by atoms with Gasteiger partial charge in [0.2, 0.25) is 5.91 Å². The van der Waals surface area contributed by atoms with Crippen LogP contribution in [0.1, 0.15) is 77.9 Å². The molecule has 2 saturated carbocycles. The van der Waals surface area contributed by atoms with E-state index >= 15 is 0 Å². The van der Waals surface area contributed by atoms with Gasteiger partial charge in [-0.1, -0.05) is 20.8 Å². The molecular weight excluding hydrogens is 881 g/mol. The van der Waals surface area contributed by atoms with Crippen LogP contribution < -0.4 is 0 Å². The third kappa shape index (κ3) is 8.29. The highest BCUT2D eigenvalue weighted by atomic mass is 32.2. The van der Waals surface area contributed by atoms with Gasteiger partial charge in [-0.2, -0.15) is 20.7 Å². The maximum atomic E-state index is 13.6. The van der Waals surface area contributed by atoms with Crippen LogP contribution in [-0.4, -0.2) is 134 Å². The summed E-state index contributed by atoms with van der Waals surface area (Å²) >= 11 is 0. The van der Waals surface area contributed by atoms with Crippen molar-refractivity contribution in [2.75, 3.05) is 46.4 Å². The van der Waals surface area contributed by atoms with Crippen molar-refractivity contribution in [3.05, 3.63) is 62.0 Å². The molecule has 2 atom stereocenters. The minimum Gasteiger partial charge on any atom is -0.400 e. The van der Waals surface area contributed by atoms with Crippen molar-refractivity contribution in [2.45, 2.75) is 94.7 Å². The smallest absolute Gasteiger partial charge is 0.237 e. The van der Waals surface area contributed by atoms with E-state index in [1.54, 1.807) is 23.2 Å². The van der Waals surface area contributed by atoms with Gasteiger partial charge in [-0.05, 0) is 51.7 Å². The Morgan fingerprint density at radius 2 is 1.27 bits per heavy atom. The molecule has 0 spiro atoms. The molecule has 2 aliphatic heterocycles. The monoisotopic (exact) mass is 936 g/mol. The lowest BCUT2D eigenvalue weighted by Gasteiger charge is -2.49. The molecule has 0 aromatic carbocycles. The van der Waals surface area contributed by atoms with Crippen LogP contribution >= 0.6 is 0 Å². The maximum Gasteiger partial charge on any atom is 0.237 e. The summed E-state index contributed by atoms with van der Waals surface area (Å²) in [7, 11) is -3.79. The molecular formula is C44H56N16O4S2. The molecule has 66 heavy (non-hydrogen) atoms. The third-order valence-corrected chi connectivity index (χ3v) is 18.3. The average molecular weight is 937 g/mol. The number of aliphatic hydroxyl groups is 1. The van der Waals surface area contributed by atoms with E-state index in [1.807, 2.05) is 83.3 Å². The van der Waals surface area contributed by atoms with E-state index in [-0.39, 0.29) is 22.8 Å². The minimum absolute atomic E-state index is 0.0490. The minimum atomic E-state index is -2.42. The number of aromatic nitrogens is 10. The summed E-state index contributed by atoms with van der Waals surface area (Å²) in [6.07, 6.45) is 18.2. The molecule has 2 N–H and O–H groups in total. The molecule has 20 nitrogen and oxygen atoms in total. The van der Waals surface area contributed by atoms with Crippen LogP contribution in [0.25, 0.3) is 44.6 Å². The molecule has 0 bridgehead atoms. The molecule has 0 radical (unpaired) electrons. The van der Waals surface area contributed by atoms with E-state index < -0.39 is 36.3 Å². The zero-order valence-electron chi connectivity index (χ0n) is 38.1. The van der Waals surface area contributed by atoms with Gasteiger partial charge in [0.1, 0.15) is 49.2 Å². The normalized spacial score (nSPS) is 19.6. The van der Waals surface area contributed by atoms with E-state index in [4.69, 9.17) is 5.11 Å². The Bertz CT molecular complexity index is 3090. The molecule has 0 amide bonds. The Kier molecular flexibility index (Phi) is 12.8. The summed E-state index contributed by atoms with van der Waals surface area (Å²) in [5, 5.41) is 37.2. The van der Waals surface area contributed by atoms with E-state index in [0.29, 0.717) is 57.0 Å². The molecule has 10 rings (SSSR count). The lowest BCUT2D eigenvalue weighted by Crippen LogP contribution is -2.64. The zero-order chi connectivity index (χ0) is 47.1. The van der Waals surface area contributed by atoms with Gasteiger partial charge in [0.05, 0.1) is 59.3 Å². The zero-order valence-corrected chi connectivity index (χ0v) is 39.7. The summed E-state index contributed by atoms with van der Waals surface area (Å²) in [5.74, 6) is -0.0490. The summed E-state index contributed by atoms with van der Waals surface area (Å²) in [5.41, 5.74) is 2.84. The highest BCUT2D eigenvalue weighted by Gasteiger charge is 2.54. The van der Waals surface area contributed by atoms with Gasteiger partial charge in [0.25, 0.3) is 0 Å². The molecule has 348 valence electrons. The van der Waals surface area contributed by atoms with Crippen molar-refractivity contribution in [1.29, 1.82) is 10.5 Å². The van der Waals surface area contributed by atoms with Gasteiger partial charge in [0.15, 0.2) is 5.65 Å². The van der Waals surface area contributed by atoms with Crippen LogP contribution in [0.15, 0.2) is 70.7 Å². The SMILES string of the molecule is CCN=S(=O)(C1CC1)N1CC(CC#N)(n2cc(-c3ncnc4[nH]ccc34)cn2)C1.CCN=S(=O)(C1CC1)N1CC(CC#N)(n2cc(-c3ncnc4c3ccn4C(=O)C(C)(C)C)cn2)C1.CO. The predicted octanol–water partition coefficient (Wildman–Crippen LogP) is 5.39. The third-order valence-electron chi connectivity index (χ3n) is 12.4. The molecule has 6 aromatic rings. The molecule has 6 aromatic heterocycles. The molecule has 4 fully saturated rings. The Balaban J connectivity index is 0.000000176. The summed E-state index contributed by atoms with van der Waals surface area (Å²) in [4.78, 5) is 33.5. The number of carbonyl (C=O) groups excluding carboxylic acids is 1. The second-order valence-electron chi connectivity index (χ2n) is 18.1. The fourth-order valence-corrected chi connectivity index (χ4v) is 14.2. The number of hydrogen-bond acceptors (Lipinski definition) is 14. The fraction of sp³-hybridized carbons (Fsp3) is 0.523. The Hall–Kier alpha value is -5.91. The summed E-state index contributed by atoms with van der Waals surface area (Å²) < 4.78 is 45.0. The van der Waals surface area contributed by atoms with E-state index in [1.165, 1.54) is 12.7 Å². The largest absolute Gasteiger partial charge is 0.400 e. The molecule has 8 heterocycles. The van der Waals surface area contributed by atoms with Crippen molar-refractivity contribution < 1.29 is 18.3 Å². The number of carbonyl (C=O) groups is 1. The molecule has 2 saturated heterocycles. The Morgan fingerprint density at radius 3 is 1.73 bits per heavy atom. The summed E-state index contributed by atoms with van der Waals surface area (Å²) in [6, 6.07) is 8.37. The number of rotatable bonds is 12.